The minimum absolute atomic E-state index is 0.0659. The summed E-state index contributed by atoms with van der Waals surface area (Å²) in [7, 11) is 0. The number of fused-ring (bicyclic) bond motifs is 1. The zero-order valence-corrected chi connectivity index (χ0v) is 8.66. The van der Waals surface area contributed by atoms with Crippen molar-refractivity contribution in [2.45, 2.75) is 13.3 Å². The van der Waals surface area contributed by atoms with Crippen molar-refractivity contribution in [1.82, 2.24) is 15.2 Å². The second-order valence-corrected chi connectivity index (χ2v) is 3.20. The number of hydrogen-bond acceptors (Lipinski definition) is 5. The van der Waals surface area contributed by atoms with Crippen molar-refractivity contribution >= 4 is 16.7 Å². The summed E-state index contributed by atoms with van der Waals surface area (Å²) in [5.74, 6) is 0. The van der Waals surface area contributed by atoms with Crippen molar-refractivity contribution in [3.8, 4) is 0 Å². The number of rotatable bonds is 4. The van der Waals surface area contributed by atoms with Gasteiger partial charge in [0.05, 0.1) is 4.92 Å². The molecule has 1 heterocycles. The summed E-state index contributed by atoms with van der Waals surface area (Å²) < 4.78 is 0. The van der Waals surface area contributed by atoms with Crippen LogP contribution in [0.25, 0.3) is 11.0 Å². The molecule has 0 radical (unpaired) electrons. The molecule has 1 aromatic heterocycles. The largest absolute Gasteiger partial charge is 0.395 e. The summed E-state index contributed by atoms with van der Waals surface area (Å²) >= 11 is 0. The molecule has 7 heteroatoms. The Kier molecular flexibility index (Phi) is 2.67. The van der Waals surface area contributed by atoms with E-state index in [2.05, 4.69) is 10.3 Å². The summed E-state index contributed by atoms with van der Waals surface area (Å²) in [6.45, 7) is 2.45. The van der Waals surface area contributed by atoms with Gasteiger partial charge in [0.25, 0.3) is 5.69 Å². The van der Waals surface area contributed by atoms with E-state index in [-0.39, 0.29) is 11.2 Å². The monoisotopic (exact) mass is 222 g/mol. The van der Waals surface area contributed by atoms with Crippen molar-refractivity contribution in [2.75, 3.05) is 6.61 Å². The average molecular weight is 222 g/mol. The van der Waals surface area contributed by atoms with E-state index >= 15 is 0 Å². The van der Waals surface area contributed by atoms with Crippen molar-refractivity contribution in [1.29, 1.82) is 0 Å². The molecular formula is C9H10N4O3. The highest BCUT2D eigenvalue weighted by Crippen LogP contribution is 2.21. The molecule has 0 N–H and O–H groups in total. The fourth-order valence-electron chi connectivity index (χ4n) is 1.33. The third-order valence-corrected chi connectivity index (χ3v) is 2.04. The lowest BCUT2D eigenvalue weighted by atomic mass is 10.3. The van der Waals surface area contributed by atoms with Gasteiger partial charge in [-0.25, -0.2) is 0 Å². The van der Waals surface area contributed by atoms with Crippen LogP contribution in [0.15, 0.2) is 18.2 Å². The quantitative estimate of drug-likeness (QED) is 0.572. The molecule has 0 unspecified atom stereocenters. The number of hydrogen-bond donors (Lipinski definition) is 0. The number of nitro groups is 1. The van der Waals surface area contributed by atoms with Crippen molar-refractivity contribution in [3.05, 3.63) is 28.3 Å². The number of nitrogens with zero attached hydrogens (tertiary/aromatic N) is 4. The third kappa shape index (κ3) is 1.67. The van der Waals surface area contributed by atoms with Crippen LogP contribution in [-0.4, -0.2) is 26.7 Å². The van der Waals surface area contributed by atoms with Crippen LogP contribution in [0.4, 0.5) is 5.69 Å². The molecule has 16 heavy (non-hydrogen) atoms. The first-order valence-electron chi connectivity index (χ1n) is 4.86. The van der Waals surface area contributed by atoms with Gasteiger partial charge in [-0.2, -0.15) is 0 Å². The van der Waals surface area contributed by atoms with Crippen LogP contribution in [0.5, 0.6) is 0 Å². The Hall–Kier alpha value is -2.18. The summed E-state index contributed by atoms with van der Waals surface area (Å²) in [6.07, 6.45) is 0.830. The molecular weight excluding hydrogens is 212 g/mol. The van der Waals surface area contributed by atoms with Crippen LogP contribution in [0, 0.1) is 10.1 Å². The Morgan fingerprint density at radius 3 is 3.06 bits per heavy atom. The summed E-state index contributed by atoms with van der Waals surface area (Å²) in [4.78, 5) is 16.7. The highest BCUT2D eigenvalue weighted by molar-refractivity contribution is 5.83. The second-order valence-electron chi connectivity index (χ2n) is 3.20. The molecule has 84 valence electrons. The third-order valence-electron chi connectivity index (χ3n) is 2.04. The molecule has 0 saturated heterocycles. The maximum absolute atomic E-state index is 10.7. The first-order valence-corrected chi connectivity index (χ1v) is 4.86. The first-order chi connectivity index (χ1) is 7.74. The molecule has 2 aromatic rings. The Morgan fingerprint density at radius 1 is 1.56 bits per heavy atom. The van der Waals surface area contributed by atoms with E-state index in [9.17, 15) is 10.1 Å². The maximum Gasteiger partial charge on any atom is 0.299 e. The van der Waals surface area contributed by atoms with Crippen LogP contribution in [0.1, 0.15) is 13.3 Å². The molecule has 7 nitrogen and oxygen atoms in total. The van der Waals surface area contributed by atoms with Gasteiger partial charge in [-0.05, 0) is 17.7 Å². The molecule has 0 bridgehead atoms. The Balaban J connectivity index is 2.48. The number of aromatic nitrogens is 3. The Morgan fingerprint density at radius 2 is 2.38 bits per heavy atom. The van der Waals surface area contributed by atoms with E-state index in [1.165, 1.54) is 10.9 Å². The van der Waals surface area contributed by atoms with Gasteiger partial charge in [-0.1, -0.05) is 17.8 Å². The Bertz CT molecular complexity index is 522. The van der Waals surface area contributed by atoms with Crippen LogP contribution in [-0.2, 0) is 0 Å². The maximum atomic E-state index is 10.7. The number of nitro benzene ring substituents is 1. The zero-order chi connectivity index (χ0) is 11.5. The highest BCUT2D eigenvalue weighted by Gasteiger charge is 2.17. The summed E-state index contributed by atoms with van der Waals surface area (Å²) in [6, 6.07) is 4.65. The number of non-ortho nitro benzene ring substituents is 1. The predicted molar refractivity (Wildman–Crippen MR) is 55.9 cm³/mol. The van der Waals surface area contributed by atoms with Crippen LogP contribution >= 0.6 is 0 Å². The normalized spacial score (nSPS) is 10.6. The molecule has 0 atom stereocenters. The van der Waals surface area contributed by atoms with Crippen molar-refractivity contribution < 1.29 is 9.76 Å². The van der Waals surface area contributed by atoms with Crippen LogP contribution < -0.4 is 4.84 Å². The minimum atomic E-state index is -0.485. The molecule has 0 saturated carbocycles. The Labute approximate surface area is 90.7 Å². The van der Waals surface area contributed by atoms with E-state index in [0.29, 0.717) is 12.1 Å². The van der Waals surface area contributed by atoms with E-state index in [1.807, 2.05) is 6.92 Å². The van der Waals surface area contributed by atoms with Gasteiger partial charge in [-0.3, -0.25) is 10.1 Å². The highest BCUT2D eigenvalue weighted by atomic mass is 16.7. The fraction of sp³-hybridized carbons (Fsp3) is 0.333. The molecule has 2 rings (SSSR count). The second kappa shape index (κ2) is 4.13. The molecule has 0 amide bonds. The topological polar surface area (TPSA) is 83.1 Å². The van der Waals surface area contributed by atoms with Crippen molar-refractivity contribution in [3.63, 3.8) is 0 Å². The van der Waals surface area contributed by atoms with E-state index in [0.717, 1.165) is 6.42 Å². The molecule has 1 aromatic carbocycles. The van der Waals surface area contributed by atoms with Crippen LogP contribution in [0.2, 0.25) is 0 Å². The SMILES string of the molecule is CCCOn1nnc2c([N+](=O)[O-])cccc21. The molecule has 0 fully saturated rings. The summed E-state index contributed by atoms with van der Waals surface area (Å²) in [5.41, 5.74) is 0.676. The van der Waals surface area contributed by atoms with Crippen LogP contribution in [0.3, 0.4) is 0 Å². The minimum Gasteiger partial charge on any atom is -0.395 e. The van der Waals surface area contributed by atoms with Gasteiger partial charge in [0, 0.05) is 6.07 Å². The zero-order valence-electron chi connectivity index (χ0n) is 8.66. The molecule has 0 aliphatic heterocycles. The van der Waals surface area contributed by atoms with Gasteiger partial charge < -0.3 is 4.84 Å². The fourth-order valence-corrected chi connectivity index (χ4v) is 1.33. The van der Waals surface area contributed by atoms with Crippen molar-refractivity contribution in [2.24, 2.45) is 0 Å². The lowest BCUT2D eigenvalue weighted by Crippen LogP contribution is -2.13. The smallest absolute Gasteiger partial charge is 0.299 e. The van der Waals surface area contributed by atoms with Gasteiger partial charge in [0.2, 0.25) is 0 Å². The molecule has 0 aliphatic rings. The predicted octanol–water partition coefficient (Wildman–Crippen LogP) is 1.18. The standard InChI is InChI=1S/C9H10N4O3/c1-2-6-16-12-7-4-3-5-8(13(14)15)9(7)10-11-12/h3-5H,2,6H2,1H3. The lowest BCUT2D eigenvalue weighted by molar-refractivity contribution is -0.383. The van der Waals surface area contributed by atoms with E-state index < -0.39 is 4.92 Å². The van der Waals surface area contributed by atoms with Gasteiger partial charge in [-0.15, -0.1) is 5.10 Å². The van der Waals surface area contributed by atoms with Gasteiger partial charge in [0.15, 0.2) is 5.52 Å². The van der Waals surface area contributed by atoms with E-state index in [1.54, 1.807) is 12.1 Å². The number of benzene rings is 1. The molecule has 0 aliphatic carbocycles. The average Bonchev–Trinajstić information content (AvgIpc) is 2.69. The van der Waals surface area contributed by atoms with Gasteiger partial charge in [0.1, 0.15) is 12.1 Å². The summed E-state index contributed by atoms with van der Waals surface area (Å²) in [5, 5.41) is 18.2. The molecule has 0 spiro atoms. The van der Waals surface area contributed by atoms with Gasteiger partial charge >= 0.3 is 0 Å². The first kappa shape index (κ1) is 10.3. The lowest BCUT2D eigenvalue weighted by Gasteiger charge is -2.02. The van der Waals surface area contributed by atoms with E-state index in [4.69, 9.17) is 4.84 Å².